The summed E-state index contributed by atoms with van der Waals surface area (Å²) < 4.78 is 32.3. The van der Waals surface area contributed by atoms with Gasteiger partial charge in [0.05, 0.1) is 24.1 Å². The van der Waals surface area contributed by atoms with Crippen LogP contribution in [0.15, 0.2) is 77.7 Å². The molecule has 33 heavy (non-hydrogen) atoms. The monoisotopic (exact) mass is 506 g/mol. The van der Waals surface area contributed by atoms with E-state index in [1.165, 1.54) is 55.6 Å². The van der Waals surface area contributed by atoms with Gasteiger partial charge in [0, 0.05) is 22.3 Å². The van der Waals surface area contributed by atoms with Gasteiger partial charge in [0.2, 0.25) is 15.9 Å². The zero-order chi connectivity index (χ0) is 24.0. The maximum atomic E-state index is 13.3. The Morgan fingerprint density at radius 2 is 1.58 bits per heavy atom. The SMILES string of the molecule is COC(=O)c1ccc(NC(=O)CN(Cc2ccccc2Cl)S(=O)(=O)c2ccc(Cl)cc2)cc1. The van der Waals surface area contributed by atoms with Crippen molar-refractivity contribution in [3.05, 3.63) is 94.0 Å². The normalized spacial score (nSPS) is 11.3. The number of carbonyl (C=O) groups excluding carboxylic acids is 2. The molecule has 172 valence electrons. The van der Waals surface area contributed by atoms with Crippen molar-refractivity contribution < 1.29 is 22.7 Å². The predicted octanol–water partition coefficient (Wildman–Crippen LogP) is 4.61. The lowest BCUT2D eigenvalue weighted by Crippen LogP contribution is -2.37. The van der Waals surface area contributed by atoms with Gasteiger partial charge < -0.3 is 10.1 Å². The van der Waals surface area contributed by atoms with Gasteiger partial charge in [-0.1, -0.05) is 41.4 Å². The van der Waals surface area contributed by atoms with Crippen LogP contribution in [0.25, 0.3) is 0 Å². The van der Waals surface area contributed by atoms with Crippen LogP contribution in [0.3, 0.4) is 0 Å². The first-order chi connectivity index (χ1) is 15.7. The van der Waals surface area contributed by atoms with E-state index in [4.69, 9.17) is 23.2 Å². The van der Waals surface area contributed by atoms with E-state index in [1.54, 1.807) is 24.3 Å². The van der Waals surface area contributed by atoms with E-state index in [0.717, 1.165) is 4.31 Å². The summed E-state index contributed by atoms with van der Waals surface area (Å²) in [6, 6.07) is 18.5. The fourth-order valence-electron chi connectivity index (χ4n) is 2.97. The molecule has 0 aromatic heterocycles. The van der Waals surface area contributed by atoms with Gasteiger partial charge in [0.1, 0.15) is 0 Å². The highest BCUT2D eigenvalue weighted by atomic mass is 35.5. The molecule has 7 nitrogen and oxygen atoms in total. The van der Waals surface area contributed by atoms with Crippen molar-refractivity contribution in [1.29, 1.82) is 0 Å². The molecule has 3 aromatic rings. The van der Waals surface area contributed by atoms with Crippen LogP contribution in [-0.4, -0.2) is 38.3 Å². The molecule has 10 heteroatoms. The molecular formula is C23H20Cl2N2O5S. The molecule has 0 radical (unpaired) electrons. The number of amides is 1. The van der Waals surface area contributed by atoms with Crippen LogP contribution in [0.5, 0.6) is 0 Å². The molecule has 0 saturated heterocycles. The number of methoxy groups -OCH3 is 1. The van der Waals surface area contributed by atoms with Gasteiger partial charge >= 0.3 is 5.97 Å². The fraction of sp³-hybridized carbons (Fsp3) is 0.130. The third-order valence-electron chi connectivity index (χ3n) is 4.67. The maximum Gasteiger partial charge on any atom is 0.337 e. The average molecular weight is 507 g/mol. The first kappa shape index (κ1) is 24.7. The van der Waals surface area contributed by atoms with Gasteiger partial charge in [-0.25, -0.2) is 13.2 Å². The molecule has 0 aliphatic heterocycles. The van der Waals surface area contributed by atoms with E-state index in [-0.39, 0.29) is 11.4 Å². The van der Waals surface area contributed by atoms with E-state index in [0.29, 0.717) is 26.9 Å². The minimum atomic E-state index is -4.05. The molecule has 0 saturated carbocycles. The maximum absolute atomic E-state index is 13.3. The molecule has 0 heterocycles. The van der Waals surface area contributed by atoms with Gasteiger partial charge in [-0.3, -0.25) is 4.79 Å². The van der Waals surface area contributed by atoms with Crippen LogP contribution in [0.1, 0.15) is 15.9 Å². The standard InChI is InChI=1S/C23H20Cl2N2O5S/c1-32-23(29)16-6-10-19(11-7-16)26-22(28)15-27(14-17-4-2-3-5-21(17)25)33(30,31)20-12-8-18(24)9-13-20/h2-13H,14-15H2,1H3,(H,26,28). The molecule has 0 aliphatic rings. The van der Waals surface area contributed by atoms with Crippen molar-refractivity contribution >= 4 is 50.8 Å². The lowest BCUT2D eigenvalue weighted by molar-refractivity contribution is -0.116. The summed E-state index contributed by atoms with van der Waals surface area (Å²) in [5.74, 6) is -1.07. The summed E-state index contributed by atoms with van der Waals surface area (Å²) in [7, 11) is -2.78. The Morgan fingerprint density at radius 3 is 2.18 bits per heavy atom. The summed E-state index contributed by atoms with van der Waals surface area (Å²) in [5, 5.41) is 3.41. The highest BCUT2D eigenvalue weighted by molar-refractivity contribution is 7.89. The van der Waals surface area contributed by atoms with Gasteiger partial charge in [-0.05, 0) is 60.2 Å². The number of anilines is 1. The quantitative estimate of drug-likeness (QED) is 0.450. The zero-order valence-corrected chi connectivity index (χ0v) is 19.8. The lowest BCUT2D eigenvalue weighted by atomic mass is 10.2. The van der Waals surface area contributed by atoms with E-state index in [2.05, 4.69) is 10.1 Å². The Bertz CT molecular complexity index is 1250. The van der Waals surface area contributed by atoms with Crippen LogP contribution in [-0.2, 0) is 26.1 Å². The van der Waals surface area contributed by atoms with E-state index in [1.807, 2.05) is 0 Å². The van der Waals surface area contributed by atoms with E-state index < -0.39 is 28.4 Å². The highest BCUT2D eigenvalue weighted by Crippen LogP contribution is 2.23. The summed E-state index contributed by atoms with van der Waals surface area (Å²) in [6.07, 6.45) is 0. The second kappa shape index (κ2) is 10.8. The number of rotatable bonds is 8. The molecule has 0 fully saturated rings. The Kier molecular flexibility index (Phi) is 8.10. The largest absolute Gasteiger partial charge is 0.465 e. The molecule has 0 aliphatic carbocycles. The summed E-state index contributed by atoms with van der Waals surface area (Å²) in [4.78, 5) is 24.3. The van der Waals surface area contributed by atoms with Crippen LogP contribution in [0.2, 0.25) is 10.0 Å². The van der Waals surface area contributed by atoms with Crippen LogP contribution < -0.4 is 5.32 Å². The van der Waals surface area contributed by atoms with Crippen LogP contribution >= 0.6 is 23.2 Å². The summed E-state index contributed by atoms with van der Waals surface area (Å²) in [6.45, 7) is -0.575. The van der Waals surface area contributed by atoms with Crippen LogP contribution in [0.4, 0.5) is 5.69 Å². The van der Waals surface area contributed by atoms with E-state index >= 15 is 0 Å². The van der Waals surface area contributed by atoms with Crippen molar-refractivity contribution in [2.24, 2.45) is 0 Å². The van der Waals surface area contributed by atoms with Gasteiger partial charge in [0.25, 0.3) is 0 Å². The average Bonchev–Trinajstić information content (AvgIpc) is 2.80. The van der Waals surface area contributed by atoms with Crippen molar-refractivity contribution in [2.45, 2.75) is 11.4 Å². The number of ether oxygens (including phenoxy) is 1. The number of nitrogens with zero attached hydrogens (tertiary/aromatic N) is 1. The Balaban J connectivity index is 1.84. The van der Waals surface area contributed by atoms with Crippen molar-refractivity contribution in [2.75, 3.05) is 19.0 Å². The third-order valence-corrected chi connectivity index (χ3v) is 7.09. The van der Waals surface area contributed by atoms with Gasteiger partial charge in [-0.2, -0.15) is 4.31 Å². The second-order valence-electron chi connectivity index (χ2n) is 6.94. The van der Waals surface area contributed by atoms with E-state index in [9.17, 15) is 18.0 Å². The third kappa shape index (κ3) is 6.33. The molecule has 3 aromatic carbocycles. The first-order valence-electron chi connectivity index (χ1n) is 9.68. The molecule has 0 spiro atoms. The number of esters is 1. The lowest BCUT2D eigenvalue weighted by Gasteiger charge is -2.22. The minimum absolute atomic E-state index is 0.00538. The molecule has 0 unspecified atom stereocenters. The Morgan fingerprint density at radius 1 is 0.939 bits per heavy atom. The topological polar surface area (TPSA) is 92.8 Å². The first-order valence-corrected chi connectivity index (χ1v) is 11.9. The summed E-state index contributed by atoms with van der Waals surface area (Å²) >= 11 is 12.1. The molecular weight excluding hydrogens is 487 g/mol. The molecule has 3 rings (SSSR count). The van der Waals surface area contributed by atoms with Crippen molar-refractivity contribution in [1.82, 2.24) is 4.31 Å². The molecule has 0 atom stereocenters. The highest BCUT2D eigenvalue weighted by Gasteiger charge is 2.27. The number of nitrogens with one attached hydrogen (secondary N) is 1. The molecule has 1 amide bonds. The van der Waals surface area contributed by atoms with Gasteiger partial charge in [-0.15, -0.1) is 0 Å². The van der Waals surface area contributed by atoms with Gasteiger partial charge in [0.15, 0.2) is 0 Å². The number of hydrogen-bond acceptors (Lipinski definition) is 5. The van der Waals surface area contributed by atoms with Crippen molar-refractivity contribution in [3.63, 3.8) is 0 Å². The number of halogens is 2. The smallest absolute Gasteiger partial charge is 0.337 e. The van der Waals surface area contributed by atoms with Crippen LogP contribution in [0, 0.1) is 0 Å². The Labute approximate surface area is 201 Å². The number of hydrogen-bond donors (Lipinski definition) is 1. The number of sulfonamides is 1. The zero-order valence-electron chi connectivity index (χ0n) is 17.5. The number of carbonyl (C=O) groups is 2. The summed E-state index contributed by atoms with van der Waals surface area (Å²) in [5.41, 5.74) is 1.27. The molecule has 1 N–H and O–H groups in total. The predicted molar refractivity (Wildman–Crippen MR) is 127 cm³/mol. The minimum Gasteiger partial charge on any atom is -0.465 e. The second-order valence-corrected chi connectivity index (χ2v) is 9.72. The Hall–Kier alpha value is -2.91. The fourth-order valence-corrected chi connectivity index (χ4v) is 4.66. The van der Waals surface area contributed by atoms with Crippen molar-refractivity contribution in [3.8, 4) is 0 Å². The molecule has 0 bridgehead atoms. The number of benzene rings is 3.